The van der Waals surface area contributed by atoms with Crippen molar-refractivity contribution in [2.45, 2.75) is 19.4 Å². The Morgan fingerprint density at radius 1 is 1.56 bits per heavy atom. The van der Waals surface area contributed by atoms with Crippen molar-refractivity contribution in [1.82, 2.24) is 10.6 Å². The molecule has 1 aromatic carbocycles. The van der Waals surface area contributed by atoms with E-state index in [1.54, 1.807) is 12.1 Å². The van der Waals surface area contributed by atoms with E-state index in [0.717, 1.165) is 19.4 Å². The normalized spacial score (nSPS) is 19.6. The van der Waals surface area contributed by atoms with E-state index in [1.165, 1.54) is 6.07 Å². The maximum absolute atomic E-state index is 13.5. The van der Waals surface area contributed by atoms with Crippen LogP contribution in [0.15, 0.2) is 18.2 Å². The van der Waals surface area contributed by atoms with Gasteiger partial charge < -0.3 is 10.6 Å². The second-order valence-electron chi connectivity index (χ2n) is 4.50. The summed E-state index contributed by atoms with van der Waals surface area (Å²) in [7, 11) is 0. The maximum atomic E-state index is 13.5. The van der Waals surface area contributed by atoms with Crippen LogP contribution in [0.25, 0.3) is 0 Å². The van der Waals surface area contributed by atoms with Crippen LogP contribution in [0.2, 0.25) is 5.02 Å². The third-order valence-electron chi connectivity index (χ3n) is 3.14. The van der Waals surface area contributed by atoms with Crippen LogP contribution in [0.4, 0.5) is 4.39 Å². The second kappa shape index (κ2) is 6.16. The Balaban J connectivity index is 1.88. The van der Waals surface area contributed by atoms with E-state index in [0.29, 0.717) is 17.1 Å². The highest BCUT2D eigenvalue weighted by molar-refractivity contribution is 6.30. The number of carbonyl (C=O) groups is 1. The number of nitrogens with one attached hydrogen (secondary N) is 2. The van der Waals surface area contributed by atoms with Crippen LogP contribution in [-0.4, -0.2) is 19.0 Å². The van der Waals surface area contributed by atoms with Crippen LogP contribution in [0, 0.1) is 11.7 Å². The SMILES string of the molecule is O=C(NCc1ccc(Cl)cc1F)C1CCCNC1. The fourth-order valence-corrected chi connectivity index (χ4v) is 2.23. The number of benzene rings is 1. The van der Waals surface area contributed by atoms with Crippen LogP contribution in [-0.2, 0) is 11.3 Å². The van der Waals surface area contributed by atoms with Crippen molar-refractivity contribution < 1.29 is 9.18 Å². The van der Waals surface area contributed by atoms with Gasteiger partial charge >= 0.3 is 0 Å². The van der Waals surface area contributed by atoms with Gasteiger partial charge in [-0.15, -0.1) is 0 Å². The predicted octanol–water partition coefficient (Wildman–Crippen LogP) is 2.09. The summed E-state index contributed by atoms with van der Waals surface area (Å²) < 4.78 is 13.5. The summed E-state index contributed by atoms with van der Waals surface area (Å²) in [5.41, 5.74) is 0.455. The molecule has 0 saturated carbocycles. The Labute approximate surface area is 111 Å². The summed E-state index contributed by atoms with van der Waals surface area (Å²) >= 11 is 5.67. The monoisotopic (exact) mass is 270 g/mol. The molecule has 98 valence electrons. The zero-order chi connectivity index (χ0) is 13.0. The summed E-state index contributed by atoms with van der Waals surface area (Å²) in [6.45, 7) is 1.88. The Morgan fingerprint density at radius 2 is 2.39 bits per heavy atom. The molecule has 1 unspecified atom stereocenters. The first-order valence-corrected chi connectivity index (χ1v) is 6.47. The van der Waals surface area contributed by atoms with E-state index < -0.39 is 0 Å². The molecule has 5 heteroatoms. The average molecular weight is 271 g/mol. The number of carbonyl (C=O) groups excluding carboxylic acids is 1. The first-order chi connectivity index (χ1) is 8.66. The molecule has 1 aliphatic heterocycles. The number of hydrogen-bond donors (Lipinski definition) is 2. The molecule has 1 amide bonds. The van der Waals surface area contributed by atoms with Crippen molar-refractivity contribution in [1.29, 1.82) is 0 Å². The van der Waals surface area contributed by atoms with Gasteiger partial charge in [0.15, 0.2) is 0 Å². The number of rotatable bonds is 3. The van der Waals surface area contributed by atoms with E-state index in [9.17, 15) is 9.18 Å². The molecule has 0 radical (unpaired) electrons. The first kappa shape index (κ1) is 13.3. The zero-order valence-electron chi connectivity index (χ0n) is 10.0. The summed E-state index contributed by atoms with van der Waals surface area (Å²) in [5.74, 6) is -0.407. The summed E-state index contributed by atoms with van der Waals surface area (Å²) in [4.78, 5) is 11.9. The van der Waals surface area contributed by atoms with Crippen LogP contribution in [0.1, 0.15) is 18.4 Å². The molecule has 1 aliphatic rings. The lowest BCUT2D eigenvalue weighted by molar-refractivity contribution is -0.125. The van der Waals surface area contributed by atoms with Gasteiger partial charge in [0.25, 0.3) is 0 Å². The molecular weight excluding hydrogens is 255 g/mol. The van der Waals surface area contributed by atoms with Gasteiger partial charge in [-0.3, -0.25) is 4.79 Å². The molecule has 0 bridgehead atoms. The van der Waals surface area contributed by atoms with Crippen LogP contribution < -0.4 is 10.6 Å². The molecule has 3 nitrogen and oxygen atoms in total. The molecule has 1 atom stereocenters. The second-order valence-corrected chi connectivity index (χ2v) is 4.93. The van der Waals surface area contributed by atoms with Gasteiger partial charge in [0, 0.05) is 23.7 Å². The number of halogens is 2. The topological polar surface area (TPSA) is 41.1 Å². The van der Waals surface area contributed by atoms with Crippen LogP contribution in [0.5, 0.6) is 0 Å². The summed E-state index contributed by atoms with van der Waals surface area (Å²) in [6, 6.07) is 4.47. The first-order valence-electron chi connectivity index (χ1n) is 6.09. The van der Waals surface area contributed by atoms with Crippen molar-refractivity contribution in [2.75, 3.05) is 13.1 Å². The van der Waals surface area contributed by atoms with Gasteiger partial charge in [-0.2, -0.15) is 0 Å². The van der Waals surface area contributed by atoms with Gasteiger partial charge in [0.1, 0.15) is 5.82 Å². The molecular formula is C13H16ClFN2O. The van der Waals surface area contributed by atoms with E-state index in [1.807, 2.05) is 0 Å². The molecule has 2 N–H and O–H groups in total. The third-order valence-corrected chi connectivity index (χ3v) is 3.37. The predicted molar refractivity (Wildman–Crippen MR) is 68.9 cm³/mol. The molecule has 18 heavy (non-hydrogen) atoms. The van der Waals surface area contributed by atoms with Crippen LogP contribution >= 0.6 is 11.6 Å². The molecule has 1 heterocycles. The quantitative estimate of drug-likeness (QED) is 0.883. The number of hydrogen-bond acceptors (Lipinski definition) is 2. The fourth-order valence-electron chi connectivity index (χ4n) is 2.07. The van der Waals surface area contributed by atoms with E-state index in [-0.39, 0.29) is 24.2 Å². The maximum Gasteiger partial charge on any atom is 0.224 e. The molecule has 1 saturated heterocycles. The van der Waals surface area contributed by atoms with Gasteiger partial charge in [-0.1, -0.05) is 17.7 Å². The van der Waals surface area contributed by atoms with Crippen LogP contribution in [0.3, 0.4) is 0 Å². The van der Waals surface area contributed by atoms with E-state index in [2.05, 4.69) is 10.6 Å². The lowest BCUT2D eigenvalue weighted by atomic mass is 9.99. The average Bonchev–Trinajstić information content (AvgIpc) is 2.38. The number of amides is 1. The molecule has 1 fully saturated rings. The highest BCUT2D eigenvalue weighted by Gasteiger charge is 2.20. The molecule has 0 spiro atoms. The van der Waals surface area contributed by atoms with Crippen molar-refractivity contribution >= 4 is 17.5 Å². The smallest absolute Gasteiger partial charge is 0.224 e. The van der Waals surface area contributed by atoms with E-state index in [4.69, 9.17) is 11.6 Å². The summed E-state index contributed by atoms with van der Waals surface area (Å²) in [6.07, 6.45) is 1.90. The van der Waals surface area contributed by atoms with Crippen molar-refractivity contribution in [3.8, 4) is 0 Å². The minimum absolute atomic E-state index is 0.00545. The largest absolute Gasteiger partial charge is 0.352 e. The Hall–Kier alpha value is -1.13. The van der Waals surface area contributed by atoms with E-state index >= 15 is 0 Å². The molecule has 1 aromatic rings. The Kier molecular flexibility index (Phi) is 4.55. The Bertz CT molecular complexity index is 433. The standard InChI is InChI=1S/C13H16ClFN2O/c14-11-4-3-9(12(15)6-11)8-17-13(18)10-2-1-5-16-7-10/h3-4,6,10,16H,1-2,5,7-8H2,(H,17,18). The minimum Gasteiger partial charge on any atom is -0.352 e. The van der Waals surface area contributed by atoms with Crippen molar-refractivity contribution in [3.63, 3.8) is 0 Å². The zero-order valence-corrected chi connectivity index (χ0v) is 10.8. The fraction of sp³-hybridized carbons (Fsp3) is 0.462. The summed E-state index contributed by atoms with van der Waals surface area (Å²) in [5, 5.41) is 6.31. The molecule has 0 aliphatic carbocycles. The lowest BCUT2D eigenvalue weighted by Gasteiger charge is -2.21. The Morgan fingerprint density at radius 3 is 3.06 bits per heavy atom. The van der Waals surface area contributed by atoms with Gasteiger partial charge in [-0.05, 0) is 31.5 Å². The third kappa shape index (κ3) is 3.43. The lowest BCUT2D eigenvalue weighted by Crippen LogP contribution is -2.40. The van der Waals surface area contributed by atoms with Crippen molar-refractivity contribution in [2.24, 2.45) is 5.92 Å². The van der Waals surface area contributed by atoms with Gasteiger partial charge in [0.2, 0.25) is 5.91 Å². The van der Waals surface area contributed by atoms with Gasteiger partial charge in [0.05, 0.1) is 5.92 Å². The van der Waals surface area contributed by atoms with Gasteiger partial charge in [-0.25, -0.2) is 4.39 Å². The highest BCUT2D eigenvalue weighted by Crippen LogP contribution is 2.15. The molecule has 2 rings (SSSR count). The van der Waals surface area contributed by atoms with Crippen molar-refractivity contribution in [3.05, 3.63) is 34.6 Å². The number of piperidine rings is 1. The minimum atomic E-state index is -0.385. The highest BCUT2D eigenvalue weighted by atomic mass is 35.5. The molecule has 0 aromatic heterocycles.